The summed E-state index contributed by atoms with van der Waals surface area (Å²) >= 11 is 5.94. The molecule has 0 atom stereocenters. The molecule has 0 unspecified atom stereocenters. The topological polar surface area (TPSA) is 64.8 Å². The van der Waals surface area contributed by atoms with Crippen LogP contribution in [0.15, 0.2) is 30.6 Å². The maximum absolute atomic E-state index is 12.7. The van der Waals surface area contributed by atoms with E-state index < -0.39 is 11.7 Å². The standard InChI is InChI=1S/C17H15ClF3N5/c18-14-7-12(17(19,20)21)10-24-16(14)25-13-3-5-26(6-4-13)15-2-1-11(8-22)9-23-15/h1-2,7,9-10,13H,3-6H2,(H,24,25). The average molecular weight is 382 g/mol. The smallest absolute Gasteiger partial charge is 0.366 e. The van der Waals surface area contributed by atoms with Crippen molar-refractivity contribution >= 4 is 23.2 Å². The highest BCUT2D eigenvalue weighted by Crippen LogP contribution is 2.33. The zero-order valence-electron chi connectivity index (χ0n) is 13.6. The molecule has 1 saturated heterocycles. The lowest BCUT2D eigenvalue weighted by atomic mass is 10.0. The molecule has 0 aromatic carbocycles. The molecule has 1 aliphatic rings. The highest BCUT2D eigenvalue weighted by molar-refractivity contribution is 6.33. The zero-order valence-corrected chi connectivity index (χ0v) is 14.3. The van der Waals surface area contributed by atoms with Crippen LogP contribution >= 0.6 is 11.6 Å². The SMILES string of the molecule is N#Cc1ccc(N2CCC(Nc3ncc(C(F)(F)F)cc3Cl)CC2)nc1. The lowest BCUT2D eigenvalue weighted by Crippen LogP contribution is -2.39. The Labute approximate surface area is 153 Å². The number of nitrogens with one attached hydrogen (secondary N) is 1. The van der Waals surface area contributed by atoms with Crippen LogP contribution in [0.25, 0.3) is 0 Å². The molecule has 0 radical (unpaired) electrons. The van der Waals surface area contributed by atoms with Gasteiger partial charge in [0.05, 0.1) is 16.1 Å². The Kier molecular flexibility index (Phi) is 5.18. The van der Waals surface area contributed by atoms with Crippen molar-refractivity contribution in [1.29, 1.82) is 5.26 Å². The first-order chi connectivity index (χ1) is 12.4. The molecule has 5 nitrogen and oxygen atoms in total. The van der Waals surface area contributed by atoms with Gasteiger partial charge < -0.3 is 10.2 Å². The van der Waals surface area contributed by atoms with E-state index in [1.165, 1.54) is 6.20 Å². The van der Waals surface area contributed by atoms with Gasteiger partial charge in [0.2, 0.25) is 0 Å². The van der Waals surface area contributed by atoms with E-state index in [0.29, 0.717) is 5.56 Å². The van der Waals surface area contributed by atoms with Gasteiger partial charge >= 0.3 is 6.18 Å². The number of nitrogens with zero attached hydrogens (tertiary/aromatic N) is 4. The van der Waals surface area contributed by atoms with Crippen molar-refractivity contribution in [3.63, 3.8) is 0 Å². The van der Waals surface area contributed by atoms with Gasteiger partial charge in [0.15, 0.2) is 0 Å². The first-order valence-electron chi connectivity index (χ1n) is 7.97. The van der Waals surface area contributed by atoms with Crippen LogP contribution in [0.2, 0.25) is 5.02 Å². The molecule has 2 aromatic rings. The van der Waals surface area contributed by atoms with Crippen molar-refractivity contribution in [2.24, 2.45) is 0 Å². The molecule has 2 aromatic heterocycles. The molecule has 3 rings (SSSR count). The Morgan fingerprint density at radius 1 is 1.19 bits per heavy atom. The van der Waals surface area contributed by atoms with Crippen molar-refractivity contribution in [2.75, 3.05) is 23.3 Å². The fourth-order valence-corrected chi connectivity index (χ4v) is 3.01. The summed E-state index contributed by atoms with van der Waals surface area (Å²) in [6.45, 7) is 1.46. The van der Waals surface area contributed by atoms with Gasteiger partial charge in [-0.2, -0.15) is 18.4 Å². The highest BCUT2D eigenvalue weighted by atomic mass is 35.5. The summed E-state index contributed by atoms with van der Waals surface area (Å²) in [5.41, 5.74) is -0.358. The van der Waals surface area contributed by atoms with Crippen LogP contribution in [0, 0.1) is 11.3 Å². The summed E-state index contributed by atoms with van der Waals surface area (Å²) in [7, 11) is 0. The van der Waals surface area contributed by atoms with E-state index in [4.69, 9.17) is 16.9 Å². The Hall–Kier alpha value is -2.53. The van der Waals surface area contributed by atoms with Gasteiger partial charge in [-0.25, -0.2) is 9.97 Å². The van der Waals surface area contributed by atoms with Gasteiger partial charge in [-0.15, -0.1) is 0 Å². The van der Waals surface area contributed by atoms with E-state index in [0.717, 1.165) is 44.0 Å². The van der Waals surface area contributed by atoms with E-state index in [9.17, 15) is 13.2 Å². The second-order valence-corrected chi connectivity index (χ2v) is 6.38. The zero-order chi connectivity index (χ0) is 18.7. The average Bonchev–Trinajstić information content (AvgIpc) is 2.63. The Balaban J connectivity index is 1.59. The van der Waals surface area contributed by atoms with Crippen molar-refractivity contribution in [1.82, 2.24) is 9.97 Å². The quantitative estimate of drug-likeness (QED) is 0.867. The number of halogens is 4. The first kappa shape index (κ1) is 18.3. The third-order valence-electron chi connectivity index (χ3n) is 4.21. The third kappa shape index (κ3) is 4.17. The Morgan fingerprint density at radius 3 is 2.46 bits per heavy atom. The van der Waals surface area contributed by atoms with E-state index >= 15 is 0 Å². The van der Waals surface area contributed by atoms with Crippen LogP contribution in [-0.2, 0) is 6.18 Å². The number of rotatable bonds is 3. The summed E-state index contributed by atoms with van der Waals surface area (Å²) in [6, 6.07) is 6.50. The van der Waals surface area contributed by atoms with Gasteiger partial charge in [0, 0.05) is 31.5 Å². The minimum atomic E-state index is -4.46. The van der Waals surface area contributed by atoms with Gasteiger partial charge in [-0.1, -0.05) is 11.6 Å². The molecule has 0 spiro atoms. The molecule has 0 aliphatic carbocycles. The number of nitriles is 1. The minimum Gasteiger partial charge on any atom is -0.366 e. The van der Waals surface area contributed by atoms with Crippen LogP contribution in [0.3, 0.4) is 0 Å². The van der Waals surface area contributed by atoms with Gasteiger partial charge in [-0.3, -0.25) is 0 Å². The molecule has 1 aliphatic heterocycles. The van der Waals surface area contributed by atoms with Crippen molar-refractivity contribution in [3.05, 3.63) is 46.7 Å². The fraction of sp³-hybridized carbons (Fsp3) is 0.353. The molecule has 1 fully saturated rings. The normalized spacial score (nSPS) is 15.6. The van der Waals surface area contributed by atoms with Crippen molar-refractivity contribution in [3.8, 4) is 6.07 Å². The van der Waals surface area contributed by atoms with Crippen molar-refractivity contribution < 1.29 is 13.2 Å². The van der Waals surface area contributed by atoms with E-state index in [1.807, 2.05) is 6.07 Å². The van der Waals surface area contributed by atoms with Crippen LogP contribution < -0.4 is 10.2 Å². The Bertz CT molecular complexity index is 809. The van der Waals surface area contributed by atoms with Crippen LogP contribution in [-0.4, -0.2) is 29.1 Å². The lowest BCUT2D eigenvalue weighted by molar-refractivity contribution is -0.137. The number of anilines is 2. The minimum absolute atomic E-state index is 0.0454. The predicted octanol–water partition coefficient (Wildman–Crippen LogP) is 4.10. The molecule has 136 valence electrons. The summed E-state index contributed by atoms with van der Waals surface area (Å²) in [4.78, 5) is 10.2. The molecule has 0 amide bonds. The maximum atomic E-state index is 12.7. The molecular formula is C17H15ClF3N5. The van der Waals surface area contributed by atoms with Gasteiger partial charge in [-0.05, 0) is 31.0 Å². The molecule has 26 heavy (non-hydrogen) atoms. The molecule has 9 heteroatoms. The number of aromatic nitrogens is 2. The molecule has 0 saturated carbocycles. The van der Waals surface area contributed by atoms with Crippen molar-refractivity contribution in [2.45, 2.75) is 25.1 Å². The molecule has 0 bridgehead atoms. The van der Waals surface area contributed by atoms with E-state index in [1.54, 1.807) is 12.1 Å². The molecular weight excluding hydrogens is 367 g/mol. The summed E-state index contributed by atoms with van der Waals surface area (Å²) in [5.74, 6) is 1.06. The van der Waals surface area contributed by atoms with Crippen LogP contribution in [0.4, 0.5) is 24.8 Å². The van der Waals surface area contributed by atoms with E-state index in [-0.39, 0.29) is 16.9 Å². The number of alkyl halides is 3. The number of hydrogen-bond acceptors (Lipinski definition) is 5. The third-order valence-corrected chi connectivity index (χ3v) is 4.49. The summed E-state index contributed by atoms with van der Waals surface area (Å²) < 4.78 is 38.0. The summed E-state index contributed by atoms with van der Waals surface area (Å²) in [6.07, 6.45) is -0.619. The second-order valence-electron chi connectivity index (χ2n) is 5.97. The molecule has 3 heterocycles. The van der Waals surface area contributed by atoms with E-state index in [2.05, 4.69) is 20.2 Å². The van der Waals surface area contributed by atoms with Crippen LogP contribution in [0.5, 0.6) is 0 Å². The van der Waals surface area contributed by atoms with Gasteiger partial charge in [0.1, 0.15) is 17.7 Å². The molecule has 1 N–H and O–H groups in total. The first-order valence-corrected chi connectivity index (χ1v) is 8.35. The monoisotopic (exact) mass is 381 g/mol. The fourth-order valence-electron chi connectivity index (χ4n) is 2.78. The predicted molar refractivity (Wildman–Crippen MR) is 92.1 cm³/mol. The summed E-state index contributed by atoms with van der Waals surface area (Å²) in [5, 5.41) is 11.9. The number of piperidine rings is 1. The number of hydrogen-bond donors (Lipinski definition) is 1. The maximum Gasteiger partial charge on any atom is 0.417 e. The van der Waals surface area contributed by atoms with Gasteiger partial charge in [0.25, 0.3) is 0 Å². The lowest BCUT2D eigenvalue weighted by Gasteiger charge is -2.33. The highest BCUT2D eigenvalue weighted by Gasteiger charge is 2.32. The van der Waals surface area contributed by atoms with Crippen LogP contribution in [0.1, 0.15) is 24.0 Å². The Morgan fingerprint density at radius 2 is 1.92 bits per heavy atom. The largest absolute Gasteiger partial charge is 0.417 e. The number of pyridine rings is 2. The second kappa shape index (κ2) is 7.38.